The maximum absolute atomic E-state index is 12.2. The first-order valence-electron chi connectivity index (χ1n) is 6.69. The van der Waals surface area contributed by atoms with E-state index >= 15 is 0 Å². The molecule has 112 valence electrons. The van der Waals surface area contributed by atoms with Gasteiger partial charge in [-0.15, -0.1) is 0 Å². The molecule has 1 rings (SSSR count). The Labute approximate surface area is 130 Å². The highest BCUT2D eigenvalue weighted by molar-refractivity contribution is 8.00. The first kappa shape index (κ1) is 17.2. The quantitative estimate of drug-likeness (QED) is 0.459. The van der Waals surface area contributed by atoms with Gasteiger partial charge in [-0.2, -0.15) is 5.26 Å². The fraction of sp³-hybridized carbons (Fsp3) is 0.467. The molecule has 0 atom stereocenters. The van der Waals surface area contributed by atoms with Gasteiger partial charge in [-0.3, -0.25) is 4.79 Å². The predicted molar refractivity (Wildman–Crippen MR) is 84.0 cm³/mol. The summed E-state index contributed by atoms with van der Waals surface area (Å²) in [4.78, 5) is 22.4. The lowest BCUT2D eigenvalue weighted by molar-refractivity contribution is -0.127. The van der Waals surface area contributed by atoms with Crippen molar-refractivity contribution in [2.24, 2.45) is 0 Å². The van der Waals surface area contributed by atoms with Gasteiger partial charge in [0.1, 0.15) is 22.5 Å². The van der Waals surface area contributed by atoms with Crippen molar-refractivity contribution in [3.8, 4) is 6.07 Å². The van der Waals surface area contributed by atoms with E-state index in [0.29, 0.717) is 35.2 Å². The van der Waals surface area contributed by atoms with Crippen LogP contribution in [-0.4, -0.2) is 39.6 Å². The number of amides is 1. The lowest BCUT2D eigenvalue weighted by Crippen LogP contribution is -2.33. The average Bonchev–Trinajstić information content (AvgIpc) is 2.41. The van der Waals surface area contributed by atoms with Gasteiger partial charge in [0.15, 0.2) is 0 Å². The van der Waals surface area contributed by atoms with Gasteiger partial charge in [0.2, 0.25) is 5.91 Å². The highest BCUT2D eigenvalue weighted by Crippen LogP contribution is 2.22. The molecule has 0 saturated carbocycles. The summed E-state index contributed by atoms with van der Waals surface area (Å²) in [6.45, 7) is 12.4. The molecule has 0 aliphatic rings. The van der Waals surface area contributed by atoms with Crippen LogP contribution in [0.15, 0.2) is 17.2 Å². The predicted octanol–water partition coefficient (Wildman–Crippen LogP) is 2.48. The Morgan fingerprint density at radius 2 is 2.10 bits per heavy atom. The Hall–Kier alpha value is -1.87. The third kappa shape index (κ3) is 4.87. The fourth-order valence-corrected chi connectivity index (χ4v) is 2.82. The third-order valence-electron chi connectivity index (χ3n) is 2.81. The maximum atomic E-state index is 12.2. The second-order valence-corrected chi connectivity index (χ2v) is 5.77. The minimum atomic E-state index is 0.0170. The van der Waals surface area contributed by atoms with Gasteiger partial charge < -0.3 is 4.90 Å². The molecule has 21 heavy (non-hydrogen) atoms. The van der Waals surface area contributed by atoms with Crippen LogP contribution in [0.4, 0.5) is 0 Å². The number of nitriles is 1. The van der Waals surface area contributed by atoms with Gasteiger partial charge in [0.25, 0.3) is 0 Å². The summed E-state index contributed by atoms with van der Waals surface area (Å²) >= 11 is 1.28. The highest BCUT2D eigenvalue weighted by Gasteiger charge is 2.15. The summed E-state index contributed by atoms with van der Waals surface area (Å²) in [6.07, 6.45) is 0. The number of hydrogen-bond donors (Lipinski definition) is 0. The smallest absolute Gasteiger partial charge is 0.233 e. The topological polar surface area (TPSA) is 69.9 Å². The number of rotatable bonds is 6. The standard InChI is InChI=1S/C15H20N4OS/c1-6-19(8-10(2)3)14(20)9-21-15-13(7-16)11(4)17-12(5)18-15/h2,6,8-9H2,1,3-5H3. The van der Waals surface area contributed by atoms with Crippen LogP contribution in [0, 0.1) is 25.2 Å². The number of carbonyl (C=O) groups excluding carboxylic acids is 1. The van der Waals surface area contributed by atoms with Gasteiger partial charge in [-0.05, 0) is 27.7 Å². The van der Waals surface area contributed by atoms with Crippen molar-refractivity contribution in [1.29, 1.82) is 5.26 Å². The van der Waals surface area contributed by atoms with E-state index in [1.807, 2.05) is 13.8 Å². The molecule has 1 amide bonds. The molecule has 0 radical (unpaired) electrons. The van der Waals surface area contributed by atoms with Gasteiger partial charge in [0.05, 0.1) is 11.4 Å². The number of aryl methyl sites for hydroxylation is 2. The normalized spacial score (nSPS) is 10.0. The average molecular weight is 304 g/mol. The summed E-state index contributed by atoms with van der Waals surface area (Å²) in [5, 5.41) is 9.75. The summed E-state index contributed by atoms with van der Waals surface area (Å²) in [7, 11) is 0. The zero-order valence-corrected chi connectivity index (χ0v) is 13.8. The molecule has 0 aliphatic carbocycles. The van der Waals surface area contributed by atoms with Crippen LogP contribution in [0.2, 0.25) is 0 Å². The minimum Gasteiger partial charge on any atom is -0.338 e. The molecule has 0 unspecified atom stereocenters. The lowest BCUT2D eigenvalue weighted by Gasteiger charge is -2.20. The van der Waals surface area contributed by atoms with Crippen LogP contribution >= 0.6 is 11.8 Å². The van der Waals surface area contributed by atoms with Crippen LogP contribution in [-0.2, 0) is 4.79 Å². The van der Waals surface area contributed by atoms with E-state index < -0.39 is 0 Å². The molecule has 0 bridgehead atoms. The van der Waals surface area contributed by atoms with Crippen molar-refractivity contribution in [1.82, 2.24) is 14.9 Å². The molecule has 0 aliphatic heterocycles. The van der Waals surface area contributed by atoms with E-state index in [0.717, 1.165) is 5.57 Å². The molecule has 0 N–H and O–H groups in total. The van der Waals surface area contributed by atoms with Crippen LogP contribution in [0.3, 0.4) is 0 Å². The van der Waals surface area contributed by atoms with E-state index in [1.54, 1.807) is 18.7 Å². The van der Waals surface area contributed by atoms with Crippen LogP contribution in [0.5, 0.6) is 0 Å². The largest absolute Gasteiger partial charge is 0.338 e. The highest BCUT2D eigenvalue weighted by atomic mass is 32.2. The molecular weight excluding hydrogens is 284 g/mol. The van der Waals surface area contributed by atoms with E-state index in [4.69, 9.17) is 0 Å². The number of hydrogen-bond acceptors (Lipinski definition) is 5. The molecule has 5 nitrogen and oxygen atoms in total. The van der Waals surface area contributed by atoms with E-state index in [-0.39, 0.29) is 11.7 Å². The Kier molecular flexibility index (Phi) is 6.38. The maximum Gasteiger partial charge on any atom is 0.233 e. The number of nitrogens with zero attached hydrogens (tertiary/aromatic N) is 4. The zero-order valence-electron chi connectivity index (χ0n) is 12.9. The van der Waals surface area contributed by atoms with Gasteiger partial charge >= 0.3 is 0 Å². The number of likely N-dealkylation sites (N-methyl/N-ethyl adjacent to an activating group) is 1. The molecule has 0 saturated heterocycles. The first-order chi connectivity index (χ1) is 9.88. The van der Waals surface area contributed by atoms with Gasteiger partial charge in [-0.1, -0.05) is 23.9 Å². The Morgan fingerprint density at radius 3 is 2.62 bits per heavy atom. The summed E-state index contributed by atoms with van der Waals surface area (Å²) in [5.41, 5.74) is 2.04. The van der Waals surface area contributed by atoms with E-state index in [1.165, 1.54) is 11.8 Å². The van der Waals surface area contributed by atoms with Crippen molar-refractivity contribution >= 4 is 17.7 Å². The lowest BCUT2D eigenvalue weighted by atomic mass is 10.3. The minimum absolute atomic E-state index is 0.0170. The molecule has 0 fully saturated rings. The molecular formula is C15H20N4OS. The fourth-order valence-electron chi connectivity index (χ4n) is 1.84. The Balaban J connectivity index is 2.82. The Morgan fingerprint density at radius 1 is 1.43 bits per heavy atom. The van der Waals surface area contributed by atoms with Crippen molar-refractivity contribution in [3.05, 3.63) is 29.2 Å². The number of thioether (sulfide) groups is 1. The molecule has 1 aromatic heterocycles. The number of aromatic nitrogens is 2. The van der Waals surface area contributed by atoms with E-state index in [2.05, 4.69) is 22.6 Å². The molecule has 6 heteroatoms. The zero-order chi connectivity index (χ0) is 16.0. The summed E-state index contributed by atoms with van der Waals surface area (Å²) < 4.78 is 0. The van der Waals surface area contributed by atoms with Crippen molar-refractivity contribution in [2.45, 2.75) is 32.7 Å². The van der Waals surface area contributed by atoms with Crippen molar-refractivity contribution in [3.63, 3.8) is 0 Å². The summed E-state index contributed by atoms with van der Waals surface area (Å²) in [6, 6.07) is 2.11. The second-order valence-electron chi connectivity index (χ2n) is 4.80. The molecule has 1 heterocycles. The monoisotopic (exact) mass is 304 g/mol. The molecule has 0 aromatic carbocycles. The summed E-state index contributed by atoms with van der Waals surface area (Å²) in [5.74, 6) is 0.880. The first-order valence-corrected chi connectivity index (χ1v) is 7.67. The second kappa shape index (κ2) is 7.79. The SMILES string of the molecule is C=C(C)CN(CC)C(=O)CSc1nc(C)nc(C)c1C#N. The van der Waals surface area contributed by atoms with Crippen molar-refractivity contribution in [2.75, 3.05) is 18.8 Å². The van der Waals surface area contributed by atoms with Crippen LogP contribution < -0.4 is 0 Å². The molecule has 0 spiro atoms. The molecule has 1 aromatic rings. The van der Waals surface area contributed by atoms with Gasteiger partial charge in [-0.25, -0.2) is 9.97 Å². The van der Waals surface area contributed by atoms with Crippen molar-refractivity contribution < 1.29 is 4.79 Å². The van der Waals surface area contributed by atoms with Crippen LogP contribution in [0.25, 0.3) is 0 Å². The van der Waals surface area contributed by atoms with Gasteiger partial charge in [0, 0.05) is 13.1 Å². The van der Waals surface area contributed by atoms with E-state index in [9.17, 15) is 10.1 Å². The third-order valence-corrected chi connectivity index (χ3v) is 3.77. The van der Waals surface area contributed by atoms with Crippen LogP contribution in [0.1, 0.15) is 30.9 Å². The number of carbonyl (C=O) groups is 1. The Bertz CT molecular complexity index is 592.